The molecule has 1 aromatic heterocycles. The first kappa shape index (κ1) is 10.8. The first-order chi connectivity index (χ1) is 7.70. The molecule has 16 heavy (non-hydrogen) atoms. The molecule has 0 aliphatic carbocycles. The summed E-state index contributed by atoms with van der Waals surface area (Å²) >= 11 is 0. The Morgan fingerprint density at radius 2 is 2.19 bits per heavy atom. The average Bonchev–Trinajstić information content (AvgIpc) is 2.67. The van der Waals surface area contributed by atoms with E-state index in [0.717, 1.165) is 6.07 Å². The molecule has 3 nitrogen and oxygen atoms in total. The molecule has 84 valence electrons. The van der Waals surface area contributed by atoms with Crippen LogP contribution in [0.25, 0.3) is 11.3 Å². The van der Waals surface area contributed by atoms with Gasteiger partial charge in [-0.25, -0.2) is 13.8 Å². The summed E-state index contributed by atoms with van der Waals surface area (Å²) in [6.45, 7) is 0.572. The monoisotopic (exact) mass is 223 g/mol. The Bertz CT molecular complexity index is 494. The maximum atomic E-state index is 13.4. The van der Waals surface area contributed by atoms with Crippen LogP contribution in [-0.4, -0.2) is 17.0 Å². The fourth-order valence-electron chi connectivity index (χ4n) is 1.46. The molecule has 0 unspecified atom stereocenters. The molecule has 0 saturated heterocycles. The molecule has 1 heterocycles. The second-order valence-corrected chi connectivity index (χ2v) is 3.40. The van der Waals surface area contributed by atoms with E-state index in [1.165, 1.54) is 18.3 Å². The van der Waals surface area contributed by atoms with Crippen LogP contribution < -0.4 is 5.32 Å². The first-order valence-corrected chi connectivity index (χ1v) is 4.84. The van der Waals surface area contributed by atoms with Gasteiger partial charge in [0.15, 0.2) is 0 Å². The van der Waals surface area contributed by atoms with Crippen LogP contribution in [0.15, 0.2) is 24.4 Å². The Labute approximate surface area is 91.5 Å². The number of hydrogen-bond acceptors (Lipinski definition) is 2. The number of hydrogen-bond donors (Lipinski definition) is 2. The third-order valence-corrected chi connectivity index (χ3v) is 2.19. The fourth-order valence-corrected chi connectivity index (χ4v) is 1.46. The van der Waals surface area contributed by atoms with Gasteiger partial charge in [0.2, 0.25) is 0 Å². The van der Waals surface area contributed by atoms with Gasteiger partial charge in [0.1, 0.15) is 17.5 Å². The SMILES string of the molecule is CNCc1ncc(-c2ccc(F)cc2F)[nH]1. The summed E-state index contributed by atoms with van der Waals surface area (Å²) in [6, 6.07) is 3.46. The predicted molar refractivity (Wildman–Crippen MR) is 56.7 cm³/mol. The van der Waals surface area contributed by atoms with Crippen LogP contribution in [0.4, 0.5) is 8.78 Å². The van der Waals surface area contributed by atoms with Gasteiger partial charge in [0.05, 0.1) is 18.4 Å². The molecule has 0 spiro atoms. The minimum Gasteiger partial charge on any atom is -0.341 e. The fraction of sp³-hybridized carbons (Fsp3) is 0.182. The molecule has 0 bridgehead atoms. The van der Waals surface area contributed by atoms with Gasteiger partial charge in [-0.05, 0) is 19.2 Å². The highest BCUT2D eigenvalue weighted by atomic mass is 19.1. The molecular formula is C11H11F2N3. The molecule has 0 radical (unpaired) electrons. The lowest BCUT2D eigenvalue weighted by molar-refractivity contribution is 0.585. The molecule has 2 N–H and O–H groups in total. The number of H-pyrrole nitrogens is 1. The van der Waals surface area contributed by atoms with Crippen molar-refractivity contribution in [2.75, 3.05) is 7.05 Å². The number of benzene rings is 1. The predicted octanol–water partition coefficient (Wildman–Crippen LogP) is 2.07. The minimum absolute atomic E-state index is 0.316. The van der Waals surface area contributed by atoms with Crippen LogP contribution >= 0.6 is 0 Å². The third kappa shape index (κ3) is 2.09. The molecule has 5 heteroatoms. The standard InChI is InChI=1S/C11H11F2N3/c1-14-6-11-15-5-10(16-11)8-3-2-7(12)4-9(8)13/h2-5,14H,6H2,1H3,(H,15,16). The topological polar surface area (TPSA) is 40.7 Å². The third-order valence-electron chi connectivity index (χ3n) is 2.19. The van der Waals surface area contributed by atoms with Gasteiger partial charge in [0.25, 0.3) is 0 Å². The first-order valence-electron chi connectivity index (χ1n) is 4.84. The lowest BCUT2D eigenvalue weighted by atomic mass is 10.1. The van der Waals surface area contributed by atoms with Gasteiger partial charge in [-0.1, -0.05) is 0 Å². The van der Waals surface area contributed by atoms with Crippen molar-refractivity contribution in [3.05, 3.63) is 41.9 Å². The summed E-state index contributed by atoms with van der Waals surface area (Å²) in [5, 5.41) is 2.93. The van der Waals surface area contributed by atoms with Crippen LogP contribution in [0, 0.1) is 11.6 Å². The maximum absolute atomic E-state index is 13.4. The molecule has 2 rings (SSSR count). The highest BCUT2D eigenvalue weighted by Crippen LogP contribution is 2.21. The number of nitrogens with zero attached hydrogens (tertiary/aromatic N) is 1. The smallest absolute Gasteiger partial charge is 0.135 e. The van der Waals surface area contributed by atoms with E-state index >= 15 is 0 Å². The molecule has 0 aliphatic heterocycles. The van der Waals surface area contributed by atoms with E-state index in [9.17, 15) is 8.78 Å². The van der Waals surface area contributed by atoms with Crippen molar-refractivity contribution in [2.24, 2.45) is 0 Å². The van der Waals surface area contributed by atoms with E-state index in [0.29, 0.717) is 23.6 Å². The van der Waals surface area contributed by atoms with Crippen LogP contribution in [0.2, 0.25) is 0 Å². The van der Waals surface area contributed by atoms with E-state index in [2.05, 4.69) is 15.3 Å². The second-order valence-electron chi connectivity index (χ2n) is 3.40. The highest BCUT2D eigenvalue weighted by Gasteiger charge is 2.08. The Kier molecular flexibility index (Phi) is 2.96. The van der Waals surface area contributed by atoms with Crippen molar-refractivity contribution in [1.82, 2.24) is 15.3 Å². The summed E-state index contributed by atoms with van der Waals surface area (Å²) < 4.78 is 26.1. The van der Waals surface area contributed by atoms with Crippen molar-refractivity contribution >= 4 is 0 Å². The summed E-state index contributed by atoms with van der Waals surface area (Å²) in [5.41, 5.74) is 0.860. The highest BCUT2D eigenvalue weighted by molar-refractivity contribution is 5.59. The minimum atomic E-state index is -0.598. The van der Waals surface area contributed by atoms with Gasteiger partial charge in [-0.2, -0.15) is 0 Å². The number of aromatic amines is 1. The quantitative estimate of drug-likeness (QED) is 0.836. The Morgan fingerprint density at radius 1 is 1.38 bits per heavy atom. The normalized spacial score (nSPS) is 10.7. The molecular weight excluding hydrogens is 212 g/mol. The summed E-state index contributed by atoms with van der Waals surface area (Å²) in [4.78, 5) is 7.02. The van der Waals surface area contributed by atoms with Crippen molar-refractivity contribution < 1.29 is 8.78 Å². The van der Waals surface area contributed by atoms with Crippen molar-refractivity contribution in [2.45, 2.75) is 6.54 Å². The van der Waals surface area contributed by atoms with Crippen LogP contribution in [0.3, 0.4) is 0 Å². The van der Waals surface area contributed by atoms with E-state index in [-0.39, 0.29) is 0 Å². The number of rotatable bonds is 3. The molecule has 0 atom stereocenters. The van der Waals surface area contributed by atoms with E-state index in [1.807, 2.05) is 0 Å². The average molecular weight is 223 g/mol. The second kappa shape index (κ2) is 4.40. The zero-order valence-electron chi connectivity index (χ0n) is 8.72. The summed E-state index contributed by atoms with van der Waals surface area (Å²) in [7, 11) is 1.79. The zero-order chi connectivity index (χ0) is 11.5. The van der Waals surface area contributed by atoms with Crippen molar-refractivity contribution in [1.29, 1.82) is 0 Å². The summed E-state index contributed by atoms with van der Waals surface area (Å²) in [6.07, 6.45) is 1.53. The van der Waals surface area contributed by atoms with Crippen molar-refractivity contribution in [3.8, 4) is 11.3 Å². The van der Waals surface area contributed by atoms with Gasteiger partial charge in [0, 0.05) is 11.6 Å². The number of aromatic nitrogens is 2. The molecule has 0 amide bonds. The lowest BCUT2D eigenvalue weighted by Crippen LogP contribution is -2.06. The van der Waals surface area contributed by atoms with Crippen LogP contribution in [-0.2, 0) is 6.54 Å². The molecule has 2 aromatic rings. The number of nitrogens with one attached hydrogen (secondary N) is 2. The van der Waals surface area contributed by atoms with Gasteiger partial charge in [-0.15, -0.1) is 0 Å². The Hall–Kier alpha value is -1.75. The van der Waals surface area contributed by atoms with E-state index < -0.39 is 11.6 Å². The van der Waals surface area contributed by atoms with Gasteiger partial charge in [-0.3, -0.25) is 0 Å². The number of imidazole rings is 1. The van der Waals surface area contributed by atoms with E-state index in [4.69, 9.17) is 0 Å². The maximum Gasteiger partial charge on any atom is 0.135 e. The van der Waals surface area contributed by atoms with Gasteiger partial charge >= 0.3 is 0 Å². The lowest BCUT2D eigenvalue weighted by Gasteiger charge is -1.99. The van der Waals surface area contributed by atoms with Crippen molar-refractivity contribution in [3.63, 3.8) is 0 Å². The van der Waals surface area contributed by atoms with Crippen LogP contribution in [0.5, 0.6) is 0 Å². The largest absolute Gasteiger partial charge is 0.341 e. The summed E-state index contributed by atoms with van der Waals surface area (Å²) in [5.74, 6) is -0.475. The van der Waals surface area contributed by atoms with Gasteiger partial charge < -0.3 is 10.3 Å². The van der Waals surface area contributed by atoms with Crippen LogP contribution in [0.1, 0.15) is 5.82 Å². The zero-order valence-corrected chi connectivity index (χ0v) is 8.72. The molecule has 1 aromatic carbocycles. The Balaban J connectivity index is 2.35. The molecule has 0 saturated carbocycles. The van der Waals surface area contributed by atoms with E-state index in [1.54, 1.807) is 7.05 Å². The Morgan fingerprint density at radius 3 is 2.88 bits per heavy atom. The number of halogens is 2. The molecule has 0 aliphatic rings. The molecule has 0 fully saturated rings.